The molecule has 2 unspecified atom stereocenters. The first-order valence-electron chi connectivity index (χ1n) is 7.88. The van der Waals surface area contributed by atoms with Crippen molar-refractivity contribution < 1.29 is 9.59 Å². The van der Waals surface area contributed by atoms with Crippen molar-refractivity contribution in [2.45, 2.75) is 33.1 Å². The summed E-state index contributed by atoms with van der Waals surface area (Å²) < 4.78 is 0. The van der Waals surface area contributed by atoms with Crippen LogP contribution in [0.2, 0.25) is 0 Å². The fourth-order valence-electron chi connectivity index (χ4n) is 3.00. The standard InChI is InChI=1S/C17H25N3O2/c1-11-5-6-14(9-15(11)17(18)22)20-16(21)8-12(2)13-4-3-7-19-10-13/h5-6,9,12-13,19H,3-4,7-8,10H2,1-2H3,(H2,18,22)(H,20,21). The number of aryl methyl sites for hydroxylation is 1. The Labute approximate surface area is 131 Å². The third kappa shape index (κ3) is 4.31. The minimum Gasteiger partial charge on any atom is -0.366 e. The van der Waals surface area contributed by atoms with Crippen molar-refractivity contribution in [3.05, 3.63) is 29.3 Å². The van der Waals surface area contributed by atoms with Gasteiger partial charge in [0.15, 0.2) is 0 Å². The number of benzene rings is 1. The maximum Gasteiger partial charge on any atom is 0.249 e. The van der Waals surface area contributed by atoms with Crippen molar-refractivity contribution in [2.24, 2.45) is 17.6 Å². The molecule has 1 saturated heterocycles. The van der Waals surface area contributed by atoms with Crippen molar-refractivity contribution in [3.8, 4) is 0 Å². The number of carbonyl (C=O) groups excluding carboxylic acids is 2. The monoisotopic (exact) mass is 303 g/mol. The van der Waals surface area contributed by atoms with E-state index in [0.29, 0.717) is 29.5 Å². The summed E-state index contributed by atoms with van der Waals surface area (Å²) in [5.41, 5.74) is 7.22. The van der Waals surface area contributed by atoms with Gasteiger partial charge in [-0.15, -0.1) is 0 Å². The molecule has 2 atom stereocenters. The second-order valence-corrected chi connectivity index (χ2v) is 6.23. The molecule has 0 spiro atoms. The molecule has 0 radical (unpaired) electrons. The maximum atomic E-state index is 12.2. The molecule has 1 heterocycles. The predicted octanol–water partition coefficient (Wildman–Crippen LogP) is 2.06. The molecule has 1 aromatic rings. The second-order valence-electron chi connectivity index (χ2n) is 6.23. The zero-order valence-electron chi connectivity index (χ0n) is 13.3. The molecule has 1 aliphatic rings. The van der Waals surface area contributed by atoms with E-state index < -0.39 is 5.91 Å². The predicted molar refractivity (Wildman–Crippen MR) is 87.7 cm³/mol. The molecule has 1 fully saturated rings. The first-order valence-corrected chi connectivity index (χ1v) is 7.88. The third-order valence-electron chi connectivity index (χ3n) is 4.43. The van der Waals surface area contributed by atoms with Crippen molar-refractivity contribution in [1.29, 1.82) is 0 Å². The largest absolute Gasteiger partial charge is 0.366 e. The van der Waals surface area contributed by atoms with Gasteiger partial charge in [-0.2, -0.15) is 0 Å². The van der Waals surface area contributed by atoms with Gasteiger partial charge in [0.25, 0.3) is 0 Å². The lowest BCUT2D eigenvalue weighted by Gasteiger charge is -2.28. The highest BCUT2D eigenvalue weighted by molar-refractivity contribution is 5.97. The van der Waals surface area contributed by atoms with E-state index in [4.69, 9.17) is 5.73 Å². The van der Waals surface area contributed by atoms with Crippen LogP contribution in [0.4, 0.5) is 5.69 Å². The van der Waals surface area contributed by atoms with Crippen LogP contribution in [0.15, 0.2) is 18.2 Å². The minimum atomic E-state index is -0.477. The fourth-order valence-corrected chi connectivity index (χ4v) is 3.00. The Morgan fingerprint density at radius 1 is 1.45 bits per heavy atom. The lowest BCUT2D eigenvalue weighted by Crippen LogP contribution is -2.34. The highest BCUT2D eigenvalue weighted by Crippen LogP contribution is 2.23. The smallest absolute Gasteiger partial charge is 0.249 e. The summed E-state index contributed by atoms with van der Waals surface area (Å²) in [7, 11) is 0. The van der Waals surface area contributed by atoms with E-state index in [9.17, 15) is 9.59 Å². The van der Waals surface area contributed by atoms with E-state index in [0.717, 1.165) is 18.7 Å². The van der Waals surface area contributed by atoms with Crippen LogP contribution in [-0.2, 0) is 4.79 Å². The van der Waals surface area contributed by atoms with E-state index in [1.54, 1.807) is 18.2 Å². The lowest BCUT2D eigenvalue weighted by molar-refractivity contribution is -0.117. The summed E-state index contributed by atoms with van der Waals surface area (Å²) in [5, 5.41) is 6.25. The van der Waals surface area contributed by atoms with E-state index in [2.05, 4.69) is 17.6 Å². The zero-order valence-corrected chi connectivity index (χ0v) is 13.3. The molecule has 4 N–H and O–H groups in total. The van der Waals surface area contributed by atoms with Crippen molar-refractivity contribution >= 4 is 17.5 Å². The number of nitrogens with one attached hydrogen (secondary N) is 2. The Morgan fingerprint density at radius 2 is 2.23 bits per heavy atom. The van der Waals surface area contributed by atoms with Crippen LogP contribution in [-0.4, -0.2) is 24.9 Å². The number of piperidine rings is 1. The summed E-state index contributed by atoms with van der Waals surface area (Å²) in [6, 6.07) is 5.24. The van der Waals surface area contributed by atoms with E-state index in [1.165, 1.54) is 12.8 Å². The van der Waals surface area contributed by atoms with E-state index >= 15 is 0 Å². The SMILES string of the molecule is Cc1ccc(NC(=O)CC(C)C2CCCNC2)cc1C(N)=O. The molecule has 0 aliphatic carbocycles. The second kappa shape index (κ2) is 7.40. The van der Waals surface area contributed by atoms with Crippen LogP contribution in [0.3, 0.4) is 0 Å². The van der Waals surface area contributed by atoms with Gasteiger partial charge in [-0.1, -0.05) is 13.0 Å². The molecule has 1 aromatic carbocycles. The number of anilines is 1. The highest BCUT2D eigenvalue weighted by Gasteiger charge is 2.22. The molecule has 0 aromatic heterocycles. The summed E-state index contributed by atoms with van der Waals surface area (Å²) in [5.74, 6) is 0.403. The van der Waals surface area contributed by atoms with Crippen LogP contribution in [0.5, 0.6) is 0 Å². The first-order chi connectivity index (χ1) is 10.5. The summed E-state index contributed by atoms with van der Waals surface area (Å²) in [4.78, 5) is 23.5. The van der Waals surface area contributed by atoms with E-state index in [-0.39, 0.29) is 5.91 Å². The van der Waals surface area contributed by atoms with Gasteiger partial charge in [0.05, 0.1) is 0 Å². The van der Waals surface area contributed by atoms with Crippen LogP contribution < -0.4 is 16.4 Å². The number of rotatable bonds is 5. The van der Waals surface area contributed by atoms with Crippen molar-refractivity contribution in [3.63, 3.8) is 0 Å². The molecule has 1 aliphatic heterocycles. The quantitative estimate of drug-likeness (QED) is 0.778. The first kappa shape index (κ1) is 16.5. The Bertz CT molecular complexity index is 551. The van der Waals surface area contributed by atoms with Crippen LogP contribution in [0, 0.1) is 18.8 Å². The molecule has 2 rings (SSSR count). The van der Waals surface area contributed by atoms with Gasteiger partial charge in [0, 0.05) is 17.7 Å². The molecule has 120 valence electrons. The van der Waals surface area contributed by atoms with Gasteiger partial charge in [-0.25, -0.2) is 0 Å². The van der Waals surface area contributed by atoms with Crippen molar-refractivity contribution in [2.75, 3.05) is 18.4 Å². The molecule has 2 amide bonds. The normalized spacial score (nSPS) is 19.5. The third-order valence-corrected chi connectivity index (χ3v) is 4.43. The summed E-state index contributed by atoms with van der Waals surface area (Å²) in [6.07, 6.45) is 2.85. The number of hydrogen-bond acceptors (Lipinski definition) is 3. The molecule has 5 heteroatoms. The minimum absolute atomic E-state index is 0.0163. The molecule has 0 saturated carbocycles. The summed E-state index contributed by atoms with van der Waals surface area (Å²) in [6.45, 7) is 6.02. The van der Waals surface area contributed by atoms with E-state index in [1.807, 2.05) is 6.92 Å². The number of amides is 2. The number of primary amides is 1. The average molecular weight is 303 g/mol. The van der Waals surface area contributed by atoms with Gasteiger partial charge in [-0.3, -0.25) is 9.59 Å². The number of hydrogen-bond donors (Lipinski definition) is 3. The number of nitrogens with two attached hydrogens (primary N) is 1. The molecular formula is C17H25N3O2. The van der Waals surface area contributed by atoms with Crippen LogP contribution in [0.1, 0.15) is 42.1 Å². The maximum absolute atomic E-state index is 12.2. The highest BCUT2D eigenvalue weighted by atomic mass is 16.2. The Kier molecular flexibility index (Phi) is 5.55. The van der Waals surface area contributed by atoms with Gasteiger partial charge < -0.3 is 16.4 Å². The molecule has 0 bridgehead atoms. The van der Waals surface area contributed by atoms with Crippen LogP contribution >= 0.6 is 0 Å². The molecule has 5 nitrogen and oxygen atoms in total. The molecule has 22 heavy (non-hydrogen) atoms. The summed E-state index contributed by atoms with van der Waals surface area (Å²) >= 11 is 0. The Balaban J connectivity index is 1.94. The Hall–Kier alpha value is -1.88. The fraction of sp³-hybridized carbons (Fsp3) is 0.529. The average Bonchev–Trinajstić information content (AvgIpc) is 2.49. The lowest BCUT2D eigenvalue weighted by atomic mass is 9.85. The Morgan fingerprint density at radius 3 is 2.86 bits per heavy atom. The van der Waals surface area contributed by atoms with Gasteiger partial charge in [0.1, 0.15) is 0 Å². The van der Waals surface area contributed by atoms with Gasteiger partial charge in [0.2, 0.25) is 11.8 Å². The van der Waals surface area contributed by atoms with Gasteiger partial charge in [-0.05, 0) is 62.4 Å². The number of carbonyl (C=O) groups is 2. The zero-order chi connectivity index (χ0) is 16.1. The topological polar surface area (TPSA) is 84.2 Å². The van der Waals surface area contributed by atoms with Gasteiger partial charge >= 0.3 is 0 Å². The van der Waals surface area contributed by atoms with Crippen LogP contribution in [0.25, 0.3) is 0 Å². The molecular weight excluding hydrogens is 278 g/mol. The van der Waals surface area contributed by atoms with Crippen molar-refractivity contribution in [1.82, 2.24) is 5.32 Å².